The van der Waals surface area contributed by atoms with Crippen LogP contribution in [0.4, 0.5) is 0 Å². The second kappa shape index (κ2) is 4.81. The standard InChI is InChI=1S/C11H11NO3S/c1-15-11-4-3-9(8-12)7-10(11)5-6-16(2,13)14/h3-7H,1-2H3/b6-5+. The van der Waals surface area contributed by atoms with Gasteiger partial charge in [-0.2, -0.15) is 5.26 Å². The molecule has 0 aliphatic heterocycles. The van der Waals surface area contributed by atoms with E-state index in [1.54, 1.807) is 18.2 Å². The van der Waals surface area contributed by atoms with Gasteiger partial charge in [-0.05, 0) is 24.3 Å². The summed E-state index contributed by atoms with van der Waals surface area (Å²) < 4.78 is 27.0. The Balaban J connectivity index is 3.21. The maximum atomic E-state index is 11.0. The second-order valence-corrected chi connectivity index (χ2v) is 5.13. The second-order valence-electron chi connectivity index (χ2n) is 3.20. The minimum absolute atomic E-state index is 0.453. The van der Waals surface area contributed by atoms with Crippen LogP contribution in [0.15, 0.2) is 23.6 Å². The average molecular weight is 237 g/mol. The third-order valence-corrected chi connectivity index (χ3v) is 2.48. The molecular weight excluding hydrogens is 226 g/mol. The molecule has 0 aliphatic rings. The van der Waals surface area contributed by atoms with Gasteiger partial charge in [0.25, 0.3) is 0 Å². The van der Waals surface area contributed by atoms with Gasteiger partial charge in [0.05, 0.1) is 18.7 Å². The first kappa shape index (κ1) is 12.3. The number of hydrogen-bond donors (Lipinski definition) is 0. The summed E-state index contributed by atoms with van der Waals surface area (Å²) in [6.07, 6.45) is 2.51. The lowest BCUT2D eigenvalue weighted by molar-refractivity contribution is 0.414. The maximum Gasteiger partial charge on any atom is 0.168 e. The van der Waals surface area contributed by atoms with Gasteiger partial charge >= 0.3 is 0 Å². The van der Waals surface area contributed by atoms with Gasteiger partial charge in [-0.25, -0.2) is 8.42 Å². The Morgan fingerprint density at radius 2 is 2.12 bits per heavy atom. The third kappa shape index (κ3) is 3.41. The predicted molar refractivity (Wildman–Crippen MR) is 61.6 cm³/mol. The summed E-state index contributed by atoms with van der Waals surface area (Å²) in [6, 6.07) is 6.78. The Morgan fingerprint density at radius 1 is 1.44 bits per heavy atom. The molecule has 0 spiro atoms. The zero-order chi connectivity index (χ0) is 12.2. The molecule has 0 radical (unpaired) electrons. The van der Waals surface area contributed by atoms with Crippen LogP contribution >= 0.6 is 0 Å². The van der Waals surface area contributed by atoms with Crippen LogP contribution in [0.25, 0.3) is 6.08 Å². The molecule has 84 valence electrons. The van der Waals surface area contributed by atoms with Crippen molar-refractivity contribution in [3.05, 3.63) is 34.7 Å². The average Bonchev–Trinajstić information content (AvgIpc) is 2.25. The van der Waals surface area contributed by atoms with Crippen LogP contribution in [0, 0.1) is 11.3 Å². The van der Waals surface area contributed by atoms with E-state index >= 15 is 0 Å². The predicted octanol–water partition coefficient (Wildman–Crippen LogP) is 1.58. The number of rotatable bonds is 3. The Labute approximate surface area is 94.7 Å². The maximum absolute atomic E-state index is 11.0. The van der Waals surface area contributed by atoms with E-state index in [1.807, 2.05) is 6.07 Å². The van der Waals surface area contributed by atoms with E-state index in [1.165, 1.54) is 13.2 Å². The van der Waals surface area contributed by atoms with Crippen LogP contribution in [-0.4, -0.2) is 21.8 Å². The molecule has 0 N–H and O–H groups in total. The minimum atomic E-state index is -3.19. The molecule has 1 aromatic carbocycles. The van der Waals surface area contributed by atoms with Crippen LogP contribution in [0.3, 0.4) is 0 Å². The molecule has 0 atom stereocenters. The van der Waals surface area contributed by atoms with Crippen molar-refractivity contribution < 1.29 is 13.2 Å². The van der Waals surface area contributed by atoms with Gasteiger partial charge in [0.1, 0.15) is 5.75 Å². The number of methoxy groups -OCH3 is 1. The molecule has 0 unspecified atom stereocenters. The molecule has 5 heteroatoms. The Morgan fingerprint density at radius 3 is 2.62 bits per heavy atom. The molecule has 1 rings (SSSR count). The summed E-state index contributed by atoms with van der Waals surface area (Å²) in [5.74, 6) is 0.527. The van der Waals surface area contributed by atoms with E-state index in [2.05, 4.69) is 0 Å². The van der Waals surface area contributed by atoms with Crippen molar-refractivity contribution in [2.45, 2.75) is 0 Å². The lowest BCUT2D eigenvalue weighted by Crippen LogP contribution is -1.91. The molecule has 0 aromatic heterocycles. The molecule has 0 saturated carbocycles. The monoisotopic (exact) mass is 237 g/mol. The topological polar surface area (TPSA) is 67.2 Å². The summed E-state index contributed by atoms with van der Waals surface area (Å²) in [6.45, 7) is 0. The van der Waals surface area contributed by atoms with Gasteiger partial charge < -0.3 is 4.74 Å². The van der Waals surface area contributed by atoms with Crippen LogP contribution < -0.4 is 4.74 Å². The summed E-state index contributed by atoms with van der Waals surface area (Å²) >= 11 is 0. The molecule has 16 heavy (non-hydrogen) atoms. The van der Waals surface area contributed by atoms with Crippen molar-refractivity contribution >= 4 is 15.9 Å². The first-order valence-corrected chi connectivity index (χ1v) is 6.38. The Bertz CT molecular complexity index is 553. The number of ether oxygens (including phenoxy) is 1. The van der Waals surface area contributed by atoms with Crippen LogP contribution in [-0.2, 0) is 9.84 Å². The number of nitriles is 1. The van der Waals surface area contributed by atoms with Crippen LogP contribution in [0.2, 0.25) is 0 Å². The van der Waals surface area contributed by atoms with E-state index in [-0.39, 0.29) is 0 Å². The number of benzene rings is 1. The molecule has 0 heterocycles. The molecule has 0 bridgehead atoms. The number of sulfone groups is 1. The highest BCUT2D eigenvalue weighted by Crippen LogP contribution is 2.21. The molecule has 0 aliphatic carbocycles. The van der Waals surface area contributed by atoms with E-state index in [0.29, 0.717) is 16.9 Å². The highest BCUT2D eigenvalue weighted by atomic mass is 32.2. The van der Waals surface area contributed by atoms with Crippen molar-refractivity contribution in [3.8, 4) is 11.8 Å². The number of nitrogens with zero attached hydrogens (tertiary/aromatic N) is 1. The lowest BCUT2D eigenvalue weighted by atomic mass is 10.1. The molecule has 4 nitrogen and oxygen atoms in total. The van der Waals surface area contributed by atoms with Crippen LogP contribution in [0.5, 0.6) is 5.75 Å². The normalized spacial score (nSPS) is 11.3. The lowest BCUT2D eigenvalue weighted by Gasteiger charge is -2.04. The molecule has 0 amide bonds. The molecule has 1 aromatic rings. The van der Waals surface area contributed by atoms with Gasteiger partial charge in [0.2, 0.25) is 0 Å². The van der Waals surface area contributed by atoms with E-state index in [9.17, 15) is 8.42 Å². The van der Waals surface area contributed by atoms with Crippen molar-refractivity contribution in [2.75, 3.05) is 13.4 Å². The van der Waals surface area contributed by atoms with E-state index in [4.69, 9.17) is 10.00 Å². The van der Waals surface area contributed by atoms with Gasteiger partial charge in [0, 0.05) is 17.2 Å². The highest BCUT2D eigenvalue weighted by Gasteiger charge is 2.02. The minimum Gasteiger partial charge on any atom is -0.496 e. The number of hydrogen-bond acceptors (Lipinski definition) is 4. The highest BCUT2D eigenvalue weighted by molar-refractivity contribution is 7.93. The van der Waals surface area contributed by atoms with E-state index < -0.39 is 9.84 Å². The fraction of sp³-hybridized carbons (Fsp3) is 0.182. The van der Waals surface area contributed by atoms with Crippen molar-refractivity contribution in [1.82, 2.24) is 0 Å². The summed E-state index contributed by atoms with van der Waals surface area (Å²) in [5.41, 5.74) is 1.01. The first-order valence-electron chi connectivity index (χ1n) is 4.42. The third-order valence-electron chi connectivity index (χ3n) is 1.85. The largest absolute Gasteiger partial charge is 0.496 e. The van der Waals surface area contributed by atoms with Gasteiger partial charge in [-0.1, -0.05) is 0 Å². The zero-order valence-electron chi connectivity index (χ0n) is 8.97. The summed E-state index contributed by atoms with van der Waals surface area (Å²) in [7, 11) is -1.70. The van der Waals surface area contributed by atoms with Crippen LogP contribution in [0.1, 0.15) is 11.1 Å². The SMILES string of the molecule is COc1ccc(C#N)cc1/C=C/S(C)(=O)=O. The summed E-state index contributed by atoms with van der Waals surface area (Å²) in [5, 5.41) is 9.80. The fourth-order valence-electron chi connectivity index (χ4n) is 1.13. The van der Waals surface area contributed by atoms with E-state index in [0.717, 1.165) is 11.7 Å². The zero-order valence-corrected chi connectivity index (χ0v) is 9.78. The van der Waals surface area contributed by atoms with Crippen molar-refractivity contribution in [2.24, 2.45) is 0 Å². The Hall–Kier alpha value is -1.80. The first-order chi connectivity index (χ1) is 7.46. The Kier molecular flexibility index (Phi) is 3.69. The van der Waals surface area contributed by atoms with Gasteiger partial charge in [0.15, 0.2) is 9.84 Å². The van der Waals surface area contributed by atoms with Gasteiger partial charge in [-0.15, -0.1) is 0 Å². The smallest absolute Gasteiger partial charge is 0.168 e. The molecule has 0 fully saturated rings. The molecular formula is C11H11NO3S. The van der Waals surface area contributed by atoms with Crippen molar-refractivity contribution in [1.29, 1.82) is 5.26 Å². The molecule has 0 saturated heterocycles. The quantitative estimate of drug-likeness (QED) is 0.800. The summed E-state index contributed by atoms with van der Waals surface area (Å²) in [4.78, 5) is 0. The van der Waals surface area contributed by atoms with Gasteiger partial charge in [-0.3, -0.25) is 0 Å². The fourth-order valence-corrected chi connectivity index (χ4v) is 1.52. The van der Waals surface area contributed by atoms with Crippen molar-refractivity contribution in [3.63, 3.8) is 0 Å².